The number of benzene rings is 4. The first-order chi connectivity index (χ1) is 23.1. The maximum atomic E-state index is 2.40. The van der Waals surface area contributed by atoms with Crippen LogP contribution in [0.4, 0.5) is 0 Å². The van der Waals surface area contributed by atoms with Gasteiger partial charge in [-0.15, -0.1) is 69.1 Å². The Balaban J connectivity index is 0.000000303. The number of aryl methyl sites for hydroxylation is 1. The van der Waals surface area contributed by atoms with Crippen molar-refractivity contribution < 1.29 is 48.1 Å². The van der Waals surface area contributed by atoms with Crippen LogP contribution in [0.25, 0.3) is 43.8 Å². The molecule has 0 heterocycles. The van der Waals surface area contributed by atoms with E-state index in [1.165, 1.54) is 85.3 Å². The Morgan fingerprint density at radius 3 is 1.56 bits per heavy atom. The average Bonchev–Trinajstić information content (AvgIpc) is 3.73. The maximum absolute atomic E-state index is 2.40. The Labute approximate surface area is 331 Å². The van der Waals surface area contributed by atoms with E-state index in [1.54, 1.807) is 23.3 Å². The van der Waals surface area contributed by atoms with Crippen LogP contribution in [0.3, 0.4) is 0 Å². The summed E-state index contributed by atoms with van der Waals surface area (Å²) < 4.78 is 0. The van der Waals surface area contributed by atoms with Crippen LogP contribution in [0.2, 0.25) is 13.1 Å². The molecule has 264 valence electrons. The molecule has 4 heteroatoms. The topological polar surface area (TPSA) is 0 Å². The van der Waals surface area contributed by atoms with E-state index < -0.39 is 0 Å². The van der Waals surface area contributed by atoms with E-state index in [0.717, 1.165) is 6.42 Å². The minimum atomic E-state index is 0. The van der Waals surface area contributed by atoms with Gasteiger partial charge in [0, 0.05) is 0 Å². The van der Waals surface area contributed by atoms with Crippen molar-refractivity contribution in [2.24, 2.45) is 0 Å². The first-order valence-electron chi connectivity index (χ1n) is 18.2. The molecule has 50 heavy (non-hydrogen) atoms. The summed E-state index contributed by atoms with van der Waals surface area (Å²) in [5.74, 6) is 1.87. The normalized spacial score (nSPS) is 11.8. The van der Waals surface area contributed by atoms with E-state index in [1.807, 2.05) is 0 Å². The molecule has 0 nitrogen and oxygen atoms in total. The molecule has 2 atom stereocenters. The maximum Gasteiger partial charge on any atom is -1.00 e. The van der Waals surface area contributed by atoms with Gasteiger partial charge in [0.2, 0.25) is 0 Å². The van der Waals surface area contributed by atoms with Crippen LogP contribution in [0.5, 0.6) is 0 Å². The molecular formula is C46H56Cl2SiZr-2. The van der Waals surface area contributed by atoms with Gasteiger partial charge in [-0.25, -0.2) is 0 Å². The molecule has 0 aliphatic rings. The molecule has 0 aliphatic carbocycles. The molecule has 0 saturated heterocycles. The number of hydrogen-bond acceptors (Lipinski definition) is 0. The molecule has 0 fully saturated rings. The predicted octanol–water partition coefficient (Wildman–Crippen LogP) is 8.35. The third-order valence-corrected chi connectivity index (χ3v) is 9.57. The van der Waals surface area contributed by atoms with E-state index in [0.29, 0.717) is 17.8 Å². The van der Waals surface area contributed by atoms with Crippen LogP contribution in [-0.2, 0) is 29.8 Å². The summed E-state index contributed by atoms with van der Waals surface area (Å²) in [6, 6.07) is 40.9. The largest absolute Gasteiger partial charge is 1.00 e. The van der Waals surface area contributed by atoms with Crippen molar-refractivity contribution >= 4 is 27.0 Å². The minimum Gasteiger partial charge on any atom is -1.00 e. The van der Waals surface area contributed by atoms with E-state index in [2.05, 4.69) is 171 Å². The molecule has 0 spiro atoms. The van der Waals surface area contributed by atoms with Crippen LogP contribution in [0, 0.1) is 0 Å². The molecule has 6 aromatic carbocycles. The Bertz CT molecular complexity index is 1890. The molecule has 0 amide bonds. The molecule has 0 N–H and O–H groups in total. The van der Waals surface area contributed by atoms with Crippen LogP contribution < -0.4 is 24.8 Å². The average molecular weight is 799 g/mol. The fourth-order valence-corrected chi connectivity index (χ4v) is 6.42. The van der Waals surface area contributed by atoms with Gasteiger partial charge in [0.1, 0.15) is 0 Å². The first kappa shape index (κ1) is 43.9. The predicted molar refractivity (Wildman–Crippen MR) is 213 cm³/mol. The zero-order valence-electron chi connectivity index (χ0n) is 31.7. The van der Waals surface area contributed by atoms with Crippen molar-refractivity contribution in [1.29, 1.82) is 0 Å². The molecular weight excluding hydrogens is 743 g/mol. The quantitative estimate of drug-likeness (QED) is 0.102. The Morgan fingerprint density at radius 1 is 0.620 bits per heavy atom. The fourth-order valence-electron chi connectivity index (χ4n) is 6.42. The molecule has 6 aromatic rings. The van der Waals surface area contributed by atoms with Gasteiger partial charge in [0.05, 0.1) is 0 Å². The fraction of sp³-hybridized carbons (Fsp3) is 0.348. The molecule has 0 aromatic heterocycles. The van der Waals surface area contributed by atoms with Gasteiger partial charge in [0.25, 0.3) is 0 Å². The van der Waals surface area contributed by atoms with Gasteiger partial charge >= 0.3 is 41.9 Å². The first-order valence-corrected chi connectivity index (χ1v) is 24.3. The van der Waals surface area contributed by atoms with Gasteiger partial charge in [-0.05, 0) is 59.3 Å². The number of halogens is 2. The number of fused-ring (bicyclic) bond motifs is 2. The molecule has 2 unspecified atom stereocenters. The van der Waals surface area contributed by atoms with Crippen molar-refractivity contribution in [2.45, 2.75) is 105 Å². The summed E-state index contributed by atoms with van der Waals surface area (Å²) in [7, 11) is 0. The van der Waals surface area contributed by atoms with Crippen molar-refractivity contribution in [3.63, 3.8) is 0 Å². The monoisotopic (exact) mass is 796 g/mol. The van der Waals surface area contributed by atoms with Gasteiger partial charge < -0.3 is 24.8 Å². The summed E-state index contributed by atoms with van der Waals surface area (Å²) >= 11 is 1.74. The standard InChI is InChI=1S/C23H27.C21H23.C2H6Si.2ClH.Zr/c1-5-7-17(4)21-14-20-8-6-9-22(23(20)15-21)19-12-10-18(11-13-19)16(2)3;1-4-15(3)17-9-11-18(12-10-17)20-8-6-7-19-13-16(5-2)14-21(19)20;1-3-2;;;/h6,8-17H,5,7H2,1-4H3;6-15H,4-5H2,1-3H3;1-2H3;2*1H;/q2*-1;;;;+2/p-2. The van der Waals surface area contributed by atoms with Gasteiger partial charge in [-0.3, -0.25) is 0 Å². The number of rotatable bonds is 9. The Morgan fingerprint density at radius 2 is 1.10 bits per heavy atom. The van der Waals surface area contributed by atoms with E-state index in [-0.39, 0.29) is 30.2 Å². The van der Waals surface area contributed by atoms with Crippen molar-refractivity contribution in [1.82, 2.24) is 0 Å². The van der Waals surface area contributed by atoms with E-state index in [4.69, 9.17) is 0 Å². The second-order valence-corrected chi connectivity index (χ2v) is 23.4. The summed E-state index contributed by atoms with van der Waals surface area (Å²) in [6.45, 7) is 20.5. The summed E-state index contributed by atoms with van der Waals surface area (Å²) in [5.41, 5.74) is 11.3. The molecule has 0 aliphatic heterocycles. The van der Waals surface area contributed by atoms with Crippen LogP contribution in [0.1, 0.15) is 108 Å². The number of hydrogen-bond donors (Lipinski definition) is 0. The zero-order valence-corrected chi connectivity index (χ0v) is 36.7. The van der Waals surface area contributed by atoms with Crippen molar-refractivity contribution in [2.75, 3.05) is 0 Å². The molecule has 0 bridgehead atoms. The summed E-state index contributed by atoms with van der Waals surface area (Å²) in [5, 5.41) is 5.50. The van der Waals surface area contributed by atoms with Crippen molar-refractivity contribution in [3.05, 3.63) is 131 Å². The SMILES string of the molecule is CCCC(C)c1cc2c(-c3ccc(C(C)C)cc3)cccc2[cH-]1.CCc1cc2c(-c3ccc(C(C)CC)cc3)cccc2[cH-]1.C[Si](C)=[Zr+2].[Cl-].[Cl-]. The molecule has 0 radical (unpaired) electrons. The van der Waals surface area contributed by atoms with Gasteiger partial charge in [-0.1, -0.05) is 127 Å². The zero-order chi connectivity index (χ0) is 34.8. The Hall–Kier alpha value is -2.22. The summed E-state index contributed by atoms with van der Waals surface area (Å²) in [6.07, 6.45) is 4.79. The third-order valence-electron chi connectivity index (χ3n) is 9.57. The molecule has 0 saturated carbocycles. The Kier molecular flexibility index (Phi) is 18.8. The van der Waals surface area contributed by atoms with E-state index in [9.17, 15) is 0 Å². The van der Waals surface area contributed by atoms with Crippen LogP contribution >= 0.6 is 0 Å². The molecule has 6 rings (SSSR count). The summed E-state index contributed by atoms with van der Waals surface area (Å²) in [4.78, 5) is 0. The third kappa shape index (κ3) is 11.6. The van der Waals surface area contributed by atoms with E-state index >= 15 is 0 Å². The smallest absolute Gasteiger partial charge is 1.00 e. The minimum absolute atomic E-state index is 0. The van der Waals surface area contributed by atoms with Gasteiger partial charge in [-0.2, -0.15) is 12.1 Å². The second kappa shape index (κ2) is 21.3. The van der Waals surface area contributed by atoms with Gasteiger partial charge in [0.15, 0.2) is 0 Å². The van der Waals surface area contributed by atoms with Crippen molar-refractivity contribution in [3.8, 4) is 22.3 Å². The van der Waals surface area contributed by atoms with Crippen LogP contribution in [0.15, 0.2) is 109 Å². The second-order valence-electron chi connectivity index (χ2n) is 14.0. The van der Waals surface area contributed by atoms with Crippen LogP contribution in [-0.4, -0.2) is 5.43 Å².